The molecule has 82 valence electrons. The summed E-state index contributed by atoms with van der Waals surface area (Å²) in [7, 11) is 0. The van der Waals surface area contributed by atoms with Crippen LogP contribution in [0.1, 0.15) is 38.2 Å². The molecule has 2 rings (SSSR count). The van der Waals surface area contributed by atoms with Gasteiger partial charge in [0.2, 0.25) is 0 Å². The van der Waals surface area contributed by atoms with Crippen molar-refractivity contribution < 1.29 is 0 Å². The molecular weight excluding hydrogens is 202 g/mol. The predicted molar refractivity (Wildman–Crippen MR) is 67.4 cm³/mol. The third kappa shape index (κ3) is 2.37. The molecule has 0 saturated carbocycles. The second kappa shape index (κ2) is 4.18. The Hall–Kier alpha value is -0.470. The monoisotopic (exact) mass is 221 g/mol. The Balaban J connectivity index is 2.14. The van der Waals surface area contributed by atoms with Crippen LogP contribution in [0.15, 0.2) is 29.2 Å². The summed E-state index contributed by atoms with van der Waals surface area (Å²) in [4.78, 5) is 1.45. The third-order valence-corrected chi connectivity index (χ3v) is 4.57. The third-order valence-electron chi connectivity index (χ3n) is 3.32. The average molecular weight is 221 g/mol. The first-order valence-electron chi connectivity index (χ1n) is 5.63. The summed E-state index contributed by atoms with van der Waals surface area (Å²) in [6, 6.07) is 8.73. The van der Waals surface area contributed by atoms with Crippen molar-refractivity contribution in [3.8, 4) is 0 Å². The second-order valence-corrected chi connectivity index (χ2v) is 5.82. The Bertz CT molecular complexity index is 346. The Morgan fingerprint density at radius 2 is 2.20 bits per heavy atom. The molecule has 0 saturated heterocycles. The van der Waals surface area contributed by atoms with E-state index in [1.807, 2.05) is 11.8 Å². The van der Waals surface area contributed by atoms with Gasteiger partial charge >= 0.3 is 0 Å². The van der Waals surface area contributed by atoms with Crippen molar-refractivity contribution in [2.45, 2.75) is 43.0 Å². The fourth-order valence-electron chi connectivity index (χ4n) is 2.11. The zero-order valence-corrected chi connectivity index (χ0v) is 10.3. The number of benzene rings is 1. The summed E-state index contributed by atoms with van der Waals surface area (Å²) in [6.45, 7) is 4.34. The van der Waals surface area contributed by atoms with Gasteiger partial charge in [0.1, 0.15) is 0 Å². The van der Waals surface area contributed by atoms with Crippen LogP contribution in [0.2, 0.25) is 0 Å². The first-order chi connectivity index (χ1) is 7.12. The first-order valence-corrected chi connectivity index (χ1v) is 6.61. The molecule has 2 heteroatoms. The molecule has 2 unspecified atom stereocenters. The van der Waals surface area contributed by atoms with Crippen LogP contribution in [0.25, 0.3) is 0 Å². The fourth-order valence-corrected chi connectivity index (χ4v) is 3.36. The quantitative estimate of drug-likeness (QED) is 0.846. The van der Waals surface area contributed by atoms with Gasteiger partial charge < -0.3 is 5.73 Å². The SMILES string of the molecule is CCC(C)(N)CC1CSc2ccccc21. The van der Waals surface area contributed by atoms with Gasteiger partial charge in [0.05, 0.1) is 0 Å². The normalized spacial score (nSPS) is 23.5. The van der Waals surface area contributed by atoms with Crippen LogP contribution in [0.3, 0.4) is 0 Å². The van der Waals surface area contributed by atoms with Gasteiger partial charge in [-0.3, -0.25) is 0 Å². The van der Waals surface area contributed by atoms with E-state index in [9.17, 15) is 0 Å². The number of hydrogen-bond acceptors (Lipinski definition) is 2. The molecule has 0 radical (unpaired) electrons. The maximum absolute atomic E-state index is 6.24. The summed E-state index contributed by atoms with van der Waals surface area (Å²) in [5, 5.41) is 0. The smallest absolute Gasteiger partial charge is 0.0129 e. The molecule has 1 aromatic carbocycles. The number of fused-ring (bicyclic) bond motifs is 1. The van der Waals surface area contributed by atoms with Crippen LogP contribution in [0.4, 0.5) is 0 Å². The van der Waals surface area contributed by atoms with Crippen molar-refractivity contribution in [1.82, 2.24) is 0 Å². The molecule has 1 aliphatic heterocycles. The molecule has 2 N–H and O–H groups in total. The van der Waals surface area contributed by atoms with E-state index >= 15 is 0 Å². The maximum Gasteiger partial charge on any atom is 0.0129 e. The molecule has 2 atom stereocenters. The van der Waals surface area contributed by atoms with Crippen molar-refractivity contribution in [1.29, 1.82) is 0 Å². The van der Waals surface area contributed by atoms with Gasteiger partial charge in [0.25, 0.3) is 0 Å². The highest BCUT2D eigenvalue weighted by atomic mass is 32.2. The molecule has 0 amide bonds. The van der Waals surface area contributed by atoms with Gasteiger partial charge in [0, 0.05) is 16.2 Å². The second-order valence-electron chi connectivity index (χ2n) is 4.76. The highest BCUT2D eigenvalue weighted by molar-refractivity contribution is 7.99. The van der Waals surface area contributed by atoms with Gasteiger partial charge in [-0.2, -0.15) is 0 Å². The Kier molecular flexibility index (Phi) is 3.08. The van der Waals surface area contributed by atoms with Crippen molar-refractivity contribution in [3.63, 3.8) is 0 Å². The van der Waals surface area contributed by atoms with Crippen LogP contribution < -0.4 is 5.73 Å². The zero-order valence-electron chi connectivity index (χ0n) is 9.49. The van der Waals surface area contributed by atoms with Crippen LogP contribution in [-0.4, -0.2) is 11.3 Å². The van der Waals surface area contributed by atoms with Crippen molar-refractivity contribution in [2.75, 3.05) is 5.75 Å². The number of hydrogen-bond donors (Lipinski definition) is 1. The summed E-state index contributed by atoms with van der Waals surface area (Å²) >= 11 is 1.97. The van der Waals surface area contributed by atoms with Crippen molar-refractivity contribution in [2.24, 2.45) is 5.73 Å². The van der Waals surface area contributed by atoms with Crippen molar-refractivity contribution >= 4 is 11.8 Å². The number of rotatable bonds is 3. The molecule has 0 aliphatic carbocycles. The average Bonchev–Trinajstić information content (AvgIpc) is 2.62. The van der Waals surface area contributed by atoms with E-state index in [1.165, 1.54) is 16.2 Å². The highest BCUT2D eigenvalue weighted by Gasteiger charge is 2.28. The number of nitrogens with two attached hydrogens (primary N) is 1. The molecule has 0 aromatic heterocycles. The molecule has 0 fully saturated rings. The highest BCUT2D eigenvalue weighted by Crippen LogP contribution is 2.42. The number of thioether (sulfide) groups is 1. The molecule has 15 heavy (non-hydrogen) atoms. The van der Waals surface area contributed by atoms with Gasteiger partial charge in [-0.15, -0.1) is 11.8 Å². The lowest BCUT2D eigenvalue weighted by Crippen LogP contribution is -2.37. The van der Waals surface area contributed by atoms with Gasteiger partial charge in [0.15, 0.2) is 0 Å². The lowest BCUT2D eigenvalue weighted by molar-refractivity contribution is 0.391. The fraction of sp³-hybridized carbons (Fsp3) is 0.538. The van der Waals surface area contributed by atoms with Crippen LogP contribution in [-0.2, 0) is 0 Å². The van der Waals surface area contributed by atoms with E-state index in [0.29, 0.717) is 5.92 Å². The van der Waals surface area contributed by atoms with Crippen LogP contribution >= 0.6 is 11.8 Å². The predicted octanol–water partition coefficient (Wildman–Crippen LogP) is 3.39. The maximum atomic E-state index is 6.24. The summed E-state index contributed by atoms with van der Waals surface area (Å²) in [6.07, 6.45) is 2.16. The molecular formula is C13H19NS. The molecule has 1 heterocycles. The lowest BCUT2D eigenvalue weighted by Gasteiger charge is -2.26. The lowest BCUT2D eigenvalue weighted by atomic mass is 9.85. The summed E-state index contributed by atoms with van der Waals surface area (Å²) < 4.78 is 0. The Morgan fingerprint density at radius 1 is 1.47 bits per heavy atom. The van der Waals surface area contributed by atoms with E-state index in [0.717, 1.165) is 12.8 Å². The standard InChI is InChI=1S/C13H19NS/c1-3-13(2,14)8-10-9-15-12-7-5-4-6-11(10)12/h4-7,10H,3,8-9,14H2,1-2H3. The summed E-state index contributed by atoms with van der Waals surface area (Å²) in [5.74, 6) is 1.85. The Labute approximate surface area is 96.4 Å². The van der Waals surface area contributed by atoms with E-state index in [2.05, 4.69) is 38.1 Å². The first kappa shape index (κ1) is 11.0. The van der Waals surface area contributed by atoms with Gasteiger partial charge in [-0.25, -0.2) is 0 Å². The van der Waals surface area contributed by atoms with Gasteiger partial charge in [-0.05, 0) is 37.3 Å². The molecule has 0 bridgehead atoms. The van der Waals surface area contributed by atoms with E-state index in [1.54, 1.807) is 0 Å². The van der Waals surface area contributed by atoms with E-state index in [4.69, 9.17) is 5.73 Å². The summed E-state index contributed by atoms with van der Waals surface area (Å²) in [5.41, 5.74) is 7.74. The largest absolute Gasteiger partial charge is 0.325 e. The van der Waals surface area contributed by atoms with Crippen molar-refractivity contribution in [3.05, 3.63) is 29.8 Å². The Morgan fingerprint density at radius 3 is 2.93 bits per heavy atom. The van der Waals surface area contributed by atoms with E-state index in [-0.39, 0.29) is 5.54 Å². The molecule has 1 nitrogen and oxygen atoms in total. The topological polar surface area (TPSA) is 26.0 Å². The minimum Gasteiger partial charge on any atom is -0.325 e. The minimum atomic E-state index is -0.0112. The van der Waals surface area contributed by atoms with Crippen LogP contribution in [0, 0.1) is 0 Å². The van der Waals surface area contributed by atoms with Crippen LogP contribution in [0.5, 0.6) is 0 Å². The zero-order chi connectivity index (χ0) is 10.9. The van der Waals surface area contributed by atoms with E-state index < -0.39 is 0 Å². The minimum absolute atomic E-state index is 0.0112. The van der Waals surface area contributed by atoms with Gasteiger partial charge in [-0.1, -0.05) is 25.1 Å². The molecule has 1 aromatic rings. The molecule has 0 spiro atoms. The molecule has 1 aliphatic rings.